The number of nitrogen functional groups attached to an aromatic ring is 1. The molecule has 0 unspecified atom stereocenters. The first-order chi connectivity index (χ1) is 7.16. The summed E-state index contributed by atoms with van der Waals surface area (Å²) in [6.45, 7) is 2.00. The number of hydrogen-bond donors (Lipinski definition) is 1. The second kappa shape index (κ2) is 3.72. The van der Waals surface area contributed by atoms with Crippen molar-refractivity contribution in [1.82, 2.24) is 19.8 Å². The maximum Gasteiger partial charge on any atom is 0.320 e. The van der Waals surface area contributed by atoms with Gasteiger partial charge >= 0.3 is 6.03 Å². The Hall–Kier alpha value is -1.85. The molecule has 0 atom stereocenters. The number of nitrogens with zero attached hydrogens (tertiary/aromatic N) is 4. The molecule has 2 amide bonds. The van der Waals surface area contributed by atoms with Crippen molar-refractivity contribution in [3.63, 3.8) is 0 Å². The highest BCUT2D eigenvalue weighted by Crippen LogP contribution is 2.09. The Balaban J connectivity index is 2.03. The number of hydrogen-bond acceptors (Lipinski definition) is 4. The third-order valence-corrected chi connectivity index (χ3v) is 2.38. The predicted octanol–water partition coefficient (Wildman–Crippen LogP) is -0.0738. The van der Waals surface area contributed by atoms with E-state index in [1.807, 2.05) is 0 Å². The molecular formula is C9H13N5O. The van der Waals surface area contributed by atoms with Gasteiger partial charge in [0.15, 0.2) is 0 Å². The number of aromatic nitrogens is 2. The van der Waals surface area contributed by atoms with Crippen molar-refractivity contribution in [2.24, 2.45) is 0 Å². The minimum absolute atomic E-state index is 0.0358. The molecule has 80 valence electrons. The van der Waals surface area contributed by atoms with Gasteiger partial charge in [0.2, 0.25) is 0 Å². The van der Waals surface area contributed by atoms with Crippen LogP contribution >= 0.6 is 0 Å². The molecular weight excluding hydrogens is 194 g/mol. The van der Waals surface area contributed by atoms with Crippen LogP contribution in [0.3, 0.4) is 0 Å². The van der Waals surface area contributed by atoms with E-state index in [9.17, 15) is 4.79 Å². The van der Waals surface area contributed by atoms with Crippen LogP contribution in [0.2, 0.25) is 0 Å². The summed E-state index contributed by atoms with van der Waals surface area (Å²) in [6.07, 6.45) is 3.10. The molecule has 0 radical (unpaired) electrons. The van der Waals surface area contributed by atoms with Crippen LogP contribution < -0.4 is 5.73 Å². The largest absolute Gasteiger partial charge is 0.382 e. The second-order valence-corrected chi connectivity index (χ2v) is 3.56. The van der Waals surface area contributed by atoms with Crippen LogP contribution in [-0.2, 0) is 6.54 Å². The molecule has 2 heterocycles. The smallest absolute Gasteiger partial charge is 0.320 e. The molecule has 2 N–H and O–H groups in total. The number of urea groups is 1. The Bertz CT molecular complexity index is 363. The zero-order chi connectivity index (χ0) is 10.8. The topological polar surface area (TPSA) is 75.3 Å². The quantitative estimate of drug-likeness (QED) is 0.736. The van der Waals surface area contributed by atoms with Gasteiger partial charge in [-0.3, -0.25) is 4.98 Å². The van der Waals surface area contributed by atoms with Gasteiger partial charge in [0.05, 0.1) is 24.6 Å². The minimum Gasteiger partial charge on any atom is -0.382 e. The van der Waals surface area contributed by atoms with Gasteiger partial charge in [-0.2, -0.15) is 0 Å². The maximum atomic E-state index is 11.6. The van der Waals surface area contributed by atoms with Gasteiger partial charge in [-0.1, -0.05) is 0 Å². The number of carbonyl (C=O) groups is 1. The molecule has 6 heteroatoms. The Morgan fingerprint density at radius 1 is 1.40 bits per heavy atom. The van der Waals surface area contributed by atoms with Crippen LogP contribution in [0.4, 0.5) is 10.6 Å². The molecule has 1 aliphatic heterocycles. The summed E-state index contributed by atoms with van der Waals surface area (Å²) < 4.78 is 0. The molecule has 1 aromatic rings. The summed E-state index contributed by atoms with van der Waals surface area (Å²) in [6, 6.07) is 0.0358. The summed E-state index contributed by atoms with van der Waals surface area (Å²) >= 11 is 0. The van der Waals surface area contributed by atoms with Gasteiger partial charge < -0.3 is 15.5 Å². The Morgan fingerprint density at radius 2 is 2.20 bits per heavy atom. The van der Waals surface area contributed by atoms with E-state index in [1.54, 1.807) is 23.0 Å². The van der Waals surface area contributed by atoms with Crippen molar-refractivity contribution in [2.45, 2.75) is 6.54 Å². The molecule has 1 aliphatic rings. The van der Waals surface area contributed by atoms with Crippen molar-refractivity contribution < 1.29 is 4.79 Å². The standard InChI is InChI=1S/C9H13N5O/c1-13-2-3-14(9(13)15)6-7-4-12-8(10)5-11-7/h4-5H,2-3,6H2,1H3,(H2,10,12). The third-order valence-electron chi connectivity index (χ3n) is 2.38. The average Bonchev–Trinajstić information content (AvgIpc) is 2.53. The minimum atomic E-state index is 0.0358. The highest BCUT2D eigenvalue weighted by molar-refractivity contribution is 5.76. The fourth-order valence-corrected chi connectivity index (χ4v) is 1.49. The zero-order valence-corrected chi connectivity index (χ0v) is 8.55. The molecule has 0 saturated carbocycles. The van der Waals surface area contributed by atoms with Crippen LogP contribution in [-0.4, -0.2) is 45.9 Å². The van der Waals surface area contributed by atoms with Crippen molar-refractivity contribution in [2.75, 3.05) is 25.9 Å². The number of likely N-dealkylation sites (N-methyl/N-ethyl adjacent to an activating group) is 1. The molecule has 0 aromatic carbocycles. The van der Waals surface area contributed by atoms with E-state index in [4.69, 9.17) is 5.73 Å². The summed E-state index contributed by atoms with van der Waals surface area (Å²) in [5.74, 6) is 0.392. The van der Waals surface area contributed by atoms with E-state index >= 15 is 0 Å². The maximum absolute atomic E-state index is 11.6. The lowest BCUT2D eigenvalue weighted by Crippen LogP contribution is -2.29. The van der Waals surface area contributed by atoms with Crippen LogP contribution in [0, 0.1) is 0 Å². The summed E-state index contributed by atoms with van der Waals surface area (Å²) in [5, 5.41) is 0. The third kappa shape index (κ3) is 1.98. The fraction of sp³-hybridized carbons (Fsp3) is 0.444. The van der Waals surface area contributed by atoms with E-state index in [1.165, 1.54) is 6.20 Å². The average molecular weight is 207 g/mol. The molecule has 0 aliphatic carbocycles. The number of nitrogens with two attached hydrogens (primary N) is 1. The Labute approximate surface area is 87.7 Å². The molecule has 6 nitrogen and oxygen atoms in total. The van der Waals surface area contributed by atoms with E-state index < -0.39 is 0 Å². The van der Waals surface area contributed by atoms with Crippen LogP contribution in [0.5, 0.6) is 0 Å². The molecule has 0 bridgehead atoms. The van der Waals surface area contributed by atoms with E-state index in [-0.39, 0.29) is 6.03 Å². The molecule has 1 fully saturated rings. The van der Waals surface area contributed by atoms with Crippen molar-refractivity contribution in [3.8, 4) is 0 Å². The summed E-state index contributed by atoms with van der Waals surface area (Å²) in [5.41, 5.74) is 6.18. The first kappa shape index (κ1) is 9.70. The van der Waals surface area contributed by atoms with Gasteiger partial charge in [-0.15, -0.1) is 0 Å². The SMILES string of the molecule is CN1CCN(Cc2cnc(N)cn2)C1=O. The fourth-order valence-electron chi connectivity index (χ4n) is 1.49. The number of amides is 2. The highest BCUT2D eigenvalue weighted by atomic mass is 16.2. The predicted molar refractivity (Wildman–Crippen MR) is 54.9 cm³/mol. The Morgan fingerprint density at radius 3 is 2.73 bits per heavy atom. The first-order valence-corrected chi connectivity index (χ1v) is 4.73. The normalized spacial score (nSPS) is 16.2. The Kier molecular flexibility index (Phi) is 2.40. The summed E-state index contributed by atoms with van der Waals surface area (Å²) in [7, 11) is 1.79. The lowest BCUT2D eigenvalue weighted by Gasteiger charge is -2.14. The van der Waals surface area contributed by atoms with Gasteiger partial charge in [-0.05, 0) is 0 Å². The molecule has 1 saturated heterocycles. The van der Waals surface area contributed by atoms with Gasteiger partial charge in [0.1, 0.15) is 5.82 Å². The van der Waals surface area contributed by atoms with Gasteiger partial charge in [0.25, 0.3) is 0 Å². The molecule has 1 aromatic heterocycles. The molecule has 2 rings (SSSR count). The number of anilines is 1. The van der Waals surface area contributed by atoms with E-state index in [0.29, 0.717) is 12.4 Å². The first-order valence-electron chi connectivity index (χ1n) is 4.73. The van der Waals surface area contributed by atoms with Crippen molar-refractivity contribution >= 4 is 11.8 Å². The second-order valence-electron chi connectivity index (χ2n) is 3.56. The van der Waals surface area contributed by atoms with E-state index in [2.05, 4.69) is 9.97 Å². The molecule has 15 heavy (non-hydrogen) atoms. The number of rotatable bonds is 2. The van der Waals surface area contributed by atoms with Gasteiger partial charge in [0, 0.05) is 20.1 Å². The lowest BCUT2D eigenvalue weighted by molar-refractivity contribution is 0.196. The van der Waals surface area contributed by atoms with E-state index in [0.717, 1.165) is 18.8 Å². The van der Waals surface area contributed by atoms with Crippen LogP contribution in [0.25, 0.3) is 0 Å². The zero-order valence-electron chi connectivity index (χ0n) is 8.55. The monoisotopic (exact) mass is 207 g/mol. The number of carbonyl (C=O) groups excluding carboxylic acids is 1. The van der Waals surface area contributed by atoms with Crippen molar-refractivity contribution in [3.05, 3.63) is 18.1 Å². The van der Waals surface area contributed by atoms with Crippen LogP contribution in [0.15, 0.2) is 12.4 Å². The highest BCUT2D eigenvalue weighted by Gasteiger charge is 2.25. The summed E-state index contributed by atoms with van der Waals surface area (Å²) in [4.78, 5) is 23.0. The van der Waals surface area contributed by atoms with Crippen molar-refractivity contribution in [1.29, 1.82) is 0 Å². The lowest BCUT2D eigenvalue weighted by atomic mass is 10.4. The van der Waals surface area contributed by atoms with Gasteiger partial charge in [-0.25, -0.2) is 9.78 Å². The molecule has 0 spiro atoms. The van der Waals surface area contributed by atoms with Crippen LogP contribution in [0.1, 0.15) is 5.69 Å².